The first-order chi connectivity index (χ1) is 14.6. The maximum atomic E-state index is 6.86. The van der Waals surface area contributed by atoms with Crippen LogP contribution in [0, 0.1) is 0 Å². The molecule has 0 bridgehead atoms. The van der Waals surface area contributed by atoms with Crippen LogP contribution in [0.5, 0.6) is 11.5 Å². The van der Waals surface area contributed by atoms with E-state index in [1.54, 1.807) is 0 Å². The van der Waals surface area contributed by atoms with Gasteiger partial charge in [-0.15, -0.1) is 0 Å². The molecule has 0 atom stereocenters. The molecule has 1 aliphatic rings. The molecule has 182 valence electrons. The first-order valence-corrected chi connectivity index (χ1v) is 15.2. The highest BCUT2D eigenvalue weighted by atomic mass is 28.4. The van der Waals surface area contributed by atoms with Crippen molar-refractivity contribution in [3.8, 4) is 22.6 Å². The summed E-state index contributed by atoms with van der Waals surface area (Å²) in [5.74, 6) is 2.02. The Labute approximate surface area is 204 Å². The van der Waals surface area contributed by atoms with Crippen molar-refractivity contribution in [2.24, 2.45) is 0 Å². The molecule has 1 heterocycles. The Morgan fingerprint density at radius 3 is 1.03 bits per heavy atom. The van der Waals surface area contributed by atoms with Gasteiger partial charge in [0, 0.05) is 24.2 Å². The maximum Gasteiger partial charge on any atom is 0.454 e. The zero-order valence-electron chi connectivity index (χ0n) is 23.6. The lowest BCUT2D eigenvalue weighted by Gasteiger charge is -2.31. The molecule has 0 fully saturated rings. The van der Waals surface area contributed by atoms with Crippen LogP contribution >= 0.6 is 0 Å². The topological polar surface area (TPSA) is 18.5 Å². The minimum absolute atomic E-state index is 0.0315. The fourth-order valence-electron chi connectivity index (χ4n) is 4.37. The van der Waals surface area contributed by atoms with Crippen LogP contribution in [0.2, 0.25) is 13.1 Å². The molecular formula is C30H46O2Si. The van der Waals surface area contributed by atoms with Crippen molar-refractivity contribution in [2.45, 2.75) is 118 Å². The second kappa shape index (κ2) is 7.63. The molecule has 3 heteroatoms. The molecule has 2 aromatic carbocycles. The van der Waals surface area contributed by atoms with Gasteiger partial charge in [0.2, 0.25) is 0 Å². The SMILES string of the molecule is CC(C)(C)c1cc2c(c(C(C)(C)C)c1)O[Si](C)(C)Oc1c-2cc(C(C)(C)C)cc1C(C)(C)C. The number of hydrogen-bond donors (Lipinski definition) is 0. The fraction of sp³-hybridized carbons (Fsp3) is 0.600. The van der Waals surface area contributed by atoms with E-state index in [0.717, 1.165) is 11.5 Å². The lowest BCUT2D eigenvalue weighted by atomic mass is 9.75. The summed E-state index contributed by atoms with van der Waals surface area (Å²) >= 11 is 0. The van der Waals surface area contributed by atoms with Crippen LogP contribution in [0.3, 0.4) is 0 Å². The van der Waals surface area contributed by atoms with E-state index < -0.39 is 8.56 Å². The van der Waals surface area contributed by atoms with E-state index in [9.17, 15) is 0 Å². The van der Waals surface area contributed by atoms with Gasteiger partial charge in [0.15, 0.2) is 0 Å². The molecule has 1 aliphatic heterocycles. The molecule has 2 aromatic rings. The van der Waals surface area contributed by atoms with Crippen LogP contribution in [0.15, 0.2) is 24.3 Å². The standard InChI is InChI=1S/C30H46O2Si/c1-27(2,3)19-15-21-22-16-20(28(4,5)6)18-24(30(10,11)12)26(22)32-33(13,14)31-25(21)23(17-19)29(7,8)9/h15-18H,1-14H3. The Balaban J connectivity index is 2.57. The summed E-state index contributed by atoms with van der Waals surface area (Å²) in [6, 6.07) is 9.46. The zero-order chi connectivity index (χ0) is 25.4. The second-order valence-electron chi connectivity index (χ2n) is 14.4. The van der Waals surface area contributed by atoms with Crippen LogP contribution in [0.25, 0.3) is 11.1 Å². The first-order valence-electron chi connectivity index (χ1n) is 12.4. The van der Waals surface area contributed by atoms with Gasteiger partial charge >= 0.3 is 8.56 Å². The third kappa shape index (κ3) is 5.19. The quantitative estimate of drug-likeness (QED) is 0.361. The molecule has 0 N–H and O–H groups in total. The van der Waals surface area contributed by atoms with Crippen molar-refractivity contribution in [1.29, 1.82) is 0 Å². The van der Waals surface area contributed by atoms with Gasteiger partial charge in [-0.2, -0.15) is 0 Å². The van der Waals surface area contributed by atoms with Crippen LogP contribution < -0.4 is 8.85 Å². The van der Waals surface area contributed by atoms with Gasteiger partial charge in [0.25, 0.3) is 0 Å². The molecule has 0 saturated heterocycles. The van der Waals surface area contributed by atoms with E-state index in [4.69, 9.17) is 8.85 Å². The third-order valence-electron chi connectivity index (χ3n) is 6.51. The number of rotatable bonds is 0. The summed E-state index contributed by atoms with van der Waals surface area (Å²) in [5, 5.41) is 0. The molecule has 0 spiro atoms. The monoisotopic (exact) mass is 466 g/mol. The molecule has 0 unspecified atom stereocenters. The maximum absolute atomic E-state index is 6.86. The van der Waals surface area contributed by atoms with Gasteiger partial charge in [-0.25, -0.2) is 0 Å². The van der Waals surface area contributed by atoms with E-state index in [2.05, 4.69) is 120 Å². The summed E-state index contributed by atoms with van der Waals surface area (Å²) in [4.78, 5) is 0. The van der Waals surface area contributed by atoms with Gasteiger partial charge in [0.1, 0.15) is 11.5 Å². The number of hydrogen-bond acceptors (Lipinski definition) is 2. The number of fused-ring (bicyclic) bond motifs is 3. The predicted molar refractivity (Wildman–Crippen MR) is 145 cm³/mol. The summed E-state index contributed by atoms with van der Waals surface area (Å²) in [6.07, 6.45) is 0. The molecule has 3 rings (SSSR count). The Morgan fingerprint density at radius 2 is 0.788 bits per heavy atom. The summed E-state index contributed by atoms with van der Waals surface area (Å²) in [5.41, 5.74) is 7.52. The van der Waals surface area contributed by atoms with Gasteiger partial charge in [0.05, 0.1) is 0 Å². The molecule has 0 amide bonds. The van der Waals surface area contributed by atoms with Crippen molar-refractivity contribution in [1.82, 2.24) is 0 Å². The molecule has 0 radical (unpaired) electrons. The Kier molecular flexibility index (Phi) is 5.98. The van der Waals surface area contributed by atoms with E-state index in [1.807, 2.05) is 0 Å². The summed E-state index contributed by atoms with van der Waals surface area (Å²) in [7, 11) is -2.49. The van der Waals surface area contributed by atoms with E-state index in [0.29, 0.717) is 0 Å². The van der Waals surface area contributed by atoms with Gasteiger partial charge in [-0.3, -0.25) is 0 Å². The van der Waals surface area contributed by atoms with Crippen LogP contribution in [0.1, 0.15) is 105 Å². The highest BCUT2D eigenvalue weighted by Gasteiger charge is 2.40. The molecule has 33 heavy (non-hydrogen) atoms. The van der Waals surface area contributed by atoms with Gasteiger partial charge < -0.3 is 8.85 Å². The van der Waals surface area contributed by atoms with Crippen molar-refractivity contribution in [3.63, 3.8) is 0 Å². The van der Waals surface area contributed by atoms with Gasteiger partial charge in [-0.05, 0) is 56.0 Å². The van der Waals surface area contributed by atoms with E-state index >= 15 is 0 Å². The first kappa shape index (κ1) is 25.9. The molecule has 0 aliphatic carbocycles. The summed E-state index contributed by atoms with van der Waals surface area (Å²) < 4.78 is 13.7. The molecule has 0 saturated carbocycles. The molecular weight excluding hydrogens is 420 g/mol. The predicted octanol–water partition coefficient (Wildman–Crippen LogP) is 9.02. The van der Waals surface area contributed by atoms with Gasteiger partial charge in [-0.1, -0.05) is 95.2 Å². The Bertz CT molecular complexity index is 979. The average Bonchev–Trinajstić information content (AvgIpc) is 2.68. The minimum Gasteiger partial charge on any atom is -0.511 e. The molecule has 2 nitrogen and oxygen atoms in total. The van der Waals surface area contributed by atoms with Crippen molar-refractivity contribution in [2.75, 3.05) is 0 Å². The third-order valence-corrected chi connectivity index (χ3v) is 7.90. The largest absolute Gasteiger partial charge is 0.511 e. The molecule has 0 aromatic heterocycles. The Hall–Kier alpha value is -1.74. The fourth-order valence-corrected chi connectivity index (χ4v) is 5.84. The van der Waals surface area contributed by atoms with Crippen molar-refractivity contribution >= 4 is 8.56 Å². The number of benzene rings is 2. The Morgan fingerprint density at radius 1 is 0.485 bits per heavy atom. The van der Waals surface area contributed by atoms with E-state index in [-0.39, 0.29) is 21.7 Å². The van der Waals surface area contributed by atoms with Crippen molar-refractivity contribution < 1.29 is 8.85 Å². The van der Waals surface area contributed by atoms with Crippen molar-refractivity contribution in [3.05, 3.63) is 46.5 Å². The lowest BCUT2D eigenvalue weighted by molar-refractivity contribution is 0.391. The lowest BCUT2D eigenvalue weighted by Crippen LogP contribution is -2.42. The normalized spacial score (nSPS) is 16.3. The summed E-state index contributed by atoms with van der Waals surface area (Å²) in [6.45, 7) is 31.8. The zero-order valence-corrected chi connectivity index (χ0v) is 24.6. The van der Waals surface area contributed by atoms with E-state index in [1.165, 1.54) is 33.4 Å². The smallest absolute Gasteiger partial charge is 0.454 e. The highest BCUT2D eigenvalue weighted by molar-refractivity contribution is 6.66. The minimum atomic E-state index is -2.49. The van der Waals surface area contributed by atoms with Crippen LogP contribution in [-0.2, 0) is 21.7 Å². The van der Waals surface area contributed by atoms with Crippen LogP contribution in [0.4, 0.5) is 0 Å². The van der Waals surface area contributed by atoms with Crippen LogP contribution in [-0.4, -0.2) is 8.56 Å². The second-order valence-corrected chi connectivity index (χ2v) is 17.6. The average molecular weight is 467 g/mol. The highest BCUT2D eigenvalue weighted by Crippen LogP contribution is 2.51.